The average molecular weight is 285 g/mol. The molecule has 0 aromatic heterocycles. The van der Waals surface area contributed by atoms with Gasteiger partial charge in [-0.25, -0.2) is 4.39 Å². The zero-order chi connectivity index (χ0) is 14.5. The van der Waals surface area contributed by atoms with Crippen molar-refractivity contribution in [2.24, 2.45) is 0 Å². The van der Waals surface area contributed by atoms with E-state index in [4.69, 9.17) is 11.6 Å². The fourth-order valence-electron chi connectivity index (χ4n) is 2.17. The smallest absolute Gasteiger partial charge is 0.162 e. The minimum Gasteiger partial charge on any atom is -0.294 e. The summed E-state index contributed by atoms with van der Waals surface area (Å²) in [5, 5.41) is 0.604. The van der Waals surface area contributed by atoms with Crippen LogP contribution in [0.4, 0.5) is 4.39 Å². The predicted molar refractivity (Wildman–Crippen MR) is 78.8 cm³/mol. The van der Waals surface area contributed by atoms with E-state index >= 15 is 0 Å². The molecule has 1 aromatic carbocycles. The highest BCUT2D eigenvalue weighted by Gasteiger charge is 2.21. The third kappa shape index (κ3) is 5.32. The van der Waals surface area contributed by atoms with Crippen LogP contribution in [0.15, 0.2) is 18.2 Å². The third-order valence-electron chi connectivity index (χ3n) is 3.37. The Bertz CT molecular complexity index is 440. The van der Waals surface area contributed by atoms with Crippen molar-refractivity contribution in [3.05, 3.63) is 34.3 Å². The highest BCUT2D eigenvalue weighted by Crippen LogP contribution is 2.25. The molecule has 0 saturated carbocycles. The molecular weight excluding hydrogens is 263 g/mol. The van der Waals surface area contributed by atoms with E-state index in [-0.39, 0.29) is 5.78 Å². The van der Waals surface area contributed by atoms with Crippen LogP contribution >= 0.6 is 11.6 Å². The highest BCUT2D eigenvalue weighted by molar-refractivity contribution is 6.31. The Kier molecular flexibility index (Phi) is 5.99. The molecule has 0 aliphatic rings. The van der Waals surface area contributed by atoms with E-state index in [0.29, 0.717) is 36.3 Å². The van der Waals surface area contributed by atoms with Crippen molar-refractivity contribution < 1.29 is 9.18 Å². The largest absolute Gasteiger partial charge is 0.294 e. The van der Waals surface area contributed by atoms with Crippen molar-refractivity contribution in [3.8, 4) is 0 Å². The number of halogens is 2. The van der Waals surface area contributed by atoms with E-state index in [1.165, 1.54) is 0 Å². The lowest BCUT2D eigenvalue weighted by Gasteiger charge is -2.18. The standard InChI is InChI=1S/C16H22ClFO/c1-4-9-16(3,18)10-5-6-15(19)13-8-7-12(2)14(17)11-13/h7-8,11H,4-6,9-10H2,1-3H3. The van der Waals surface area contributed by atoms with Gasteiger partial charge < -0.3 is 0 Å². The Morgan fingerprint density at radius 3 is 2.63 bits per heavy atom. The van der Waals surface area contributed by atoms with Gasteiger partial charge in [0.15, 0.2) is 5.78 Å². The molecule has 0 saturated heterocycles. The molecule has 19 heavy (non-hydrogen) atoms. The van der Waals surface area contributed by atoms with Gasteiger partial charge in [0, 0.05) is 17.0 Å². The summed E-state index contributed by atoms with van der Waals surface area (Å²) in [7, 11) is 0. The summed E-state index contributed by atoms with van der Waals surface area (Å²) in [6.45, 7) is 5.48. The van der Waals surface area contributed by atoms with E-state index in [0.717, 1.165) is 12.0 Å². The van der Waals surface area contributed by atoms with E-state index in [2.05, 4.69) is 0 Å². The number of aryl methyl sites for hydroxylation is 1. The first-order chi connectivity index (χ1) is 8.85. The van der Waals surface area contributed by atoms with Gasteiger partial charge in [0.05, 0.1) is 0 Å². The Morgan fingerprint density at radius 2 is 2.05 bits per heavy atom. The average Bonchev–Trinajstić information content (AvgIpc) is 2.32. The van der Waals surface area contributed by atoms with E-state index in [1.54, 1.807) is 19.1 Å². The normalized spacial score (nSPS) is 14.2. The first kappa shape index (κ1) is 16.2. The second-order valence-corrected chi connectivity index (χ2v) is 5.81. The third-order valence-corrected chi connectivity index (χ3v) is 3.77. The maximum atomic E-state index is 13.9. The van der Waals surface area contributed by atoms with Crippen LogP contribution in [0, 0.1) is 6.92 Å². The molecule has 0 fully saturated rings. The van der Waals surface area contributed by atoms with Crippen LogP contribution in [0.25, 0.3) is 0 Å². The van der Waals surface area contributed by atoms with Crippen molar-refractivity contribution in [3.63, 3.8) is 0 Å². The lowest BCUT2D eigenvalue weighted by molar-refractivity contribution is 0.0964. The Labute approximate surface area is 120 Å². The molecule has 3 heteroatoms. The summed E-state index contributed by atoms with van der Waals surface area (Å²) < 4.78 is 13.9. The number of hydrogen-bond acceptors (Lipinski definition) is 1. The molecule has 1 nitrogen and oxygen atoms in total. The Morgan fingerprint density at radius 1 is 1.37 bits per heavy atom. The molecule has 0 N–H and O–H groups in total. The Hall–Kier alpha value is -0.890. The molecule has 0 bridgehead atoms. The molecule has 0 amide bonds. The van der Waals surface area contributed by atoms with Crippen molar-refractivity contribution in [1.29, 1.82) is 0 Å². The van der Waals surface area contributed by atoms with Gasteiger partial charge in [-0.2, -0.15) is 0 Å². The number of carbonyl (C=O) groups is 1. The molecular formula is C16H22ClFO. The molecule has 1 unspecified atom stereocenters. The second-order valence-electron chi connectivity index (χ2n) is 5.40. The van der Waals surface area contributed by atoms with E-state index in [1.807, 2.05) is 19.9 Å². The van der Waals surface area contributed by atoms with Crippen LogP contribution in [0.5, 0.6) is 0 Å². The summed E-state index contributed by atoms with van der Waals surface area (Å²) in [6.07, 6.45) is 2.78. The highest BCUT2D eigenvalue weighted by atomic mass is 35.5. The summed E-state index contributed by atoms with van der Waals surface area (Å²) in [6, 6.07) is 5.32. The number of rotatable bonds is 7. The maximum absolute atomic E-state index is 13.9. The summed E-state index contributed by atoms with van der Waals surface area (Å²) in [5.74, 6) is 0.0363. The van der Waals surface area contributed by atoms with Crippen molar-refractivity contribution >= 4 is 17.4 Å². The molecule has 1 atom stereocenters. The first-order valence-corrected chi connectivity index (χ1v) is 7.22. The van der Waals surface area contributed by atoms with Gasteiger partial charge in [0.25, 0.3) is 0 Å². The van der Waals surface area contributed by atoms with Gasteiger partial charge in [-0.1, -0.05) is 37.1 Å². The summed E-state index contributed by atoms with van der Waals surface area (Å²) in [4.78, 5) is 12.0. The van der Waals surface area contributed by atoms with Crippen molar-refractivity contribution in [2.75, 3.05) is 0 Å². The minimum atomic E-state index is -1.15. The van der Waals surface area contributed by atoms with E-state index < -0.39 is 5.67 Å². The topological polar surface area (TPSA) is 17.1 Å². The zero-order valence-corrected chi connectivity index (χ0v) is 12.7. The fraction of sp³-hybridized carbons (Fsp3) is 0.562. The van der Waals surface area contributed by atoms with Gasteiger partial charge in [0.2, 0.25) is 0 Å². The van der Waals surface area contributed by atoms with Crippen LogP contribution in [0.1, 0.15) is 61.9 Å². The number of benzene rings is 1. The van der Waals surface area contributed by atoms with Gasteiger partial charge in [0.1, 0.15) is 5.67 Å². The summed E-state index contributed by atoms with van der Waals surface area (Å²) in [5.41, 5.74) is 0.420. The monoisotopic (exact) mass is 284 g/mol. The SMILES string of the molecule is CCCC(C)(F)CCCC(=O)c1ccc(C)c(Cl)c1. The van der Waals surface area contributed by atoms with E-state index in [9.17, 15) is 9.18 Å². The van der Waals surface area contributed by atoms with Gasteiger partial charge in [-0.05, 0) is 44.7 Å². The van der Waals surface area contributed by atoms with Gasteiger partial charge in [-0.3, -0.25) is 4.79 Å². The van der Waals surface area contributed by atoms with Crippen LogP contribution in [0.2, 0.25) is 5.02 Å². The van der Waals surface area contributed by atoms with Gasteiger partial charge in [-0.15, -0.1) is 0 Å². The molecule has 106 valence electrons. The van der Waals surface area contributed by atoms with Crippen molar-refractivity contribution in [1.82, 2.24) is 0 Å². The Balaban J connectivity index is 2.49. The lowest BCUT2D eigenvalue weighted by Crippen LogP contribution is -2.17. The van der Waals surface area contributed by atoms with Crippen LogP contribution < -0.4 is 0 Å². The molecule has 1 aromatic rings. The minimum absolute atomic E-state index is 0.0363. The number of ketones is 1. The number of carbonyl (C=O) groups excluding carboxylic acids is 1. The molecule has 1 rings (SSSR count). The number of alkyl halides is 1. The molecule has 0 radical (unpaired) electrons. The fourth-order valence-corrected chi connectivity index (χ4v) is 2.35. The molecule has 0 aliphatic heterocycles. The maximum Gasteiger partial charge on any atom is 0.162 e. The second kappa shape index (κ2) is 7.04. The van der Waals surface area contributed by atoms with Crippen LogP contribution in [-0.2, 0) is 0 Å². The summed E-state index contributed by atoms with van der Waals surface area (Å²) >= 11 is 5.99. The number of Topliss-reactive ketones (excluding diaryl/α,β-unsaturated/α-hetero) is 1. The van der Waals surface area contributed by atoms with Crippen LogP contribution in [0.3, 0.4) is 0 Å². The predicted octanol–water partition coefficient (Wildman–Crippen LogP) is 5.53. The van der Waals surface area contributed by atoms with Crippen LogP contribution in [-0.4, -0.2) is 11.5 Å². The molecule has 0 heterocycles. The molecule has 0 aliphatic carbocycles. The zero-order valence-electron chi connectivity index (χ0n) is 11.9. The quantitative estimate of drug-likeness (QED) is 0.602. The first-order valence-electron chi connectivity index (χ1n) is 6.84. The lowest BCUT2D eigenvalue weighted by atomic mass is 9.94. The van der Waals surface area contributed by atoms with Crippen molar-refractivity contribution in [2.45, 2.75) is 58.5 Å². The molecule has 0 spiro atoms. The number of hydrogen-bond donors (Lipinski definition) is 0. The van der Waals surface area contributed by atoms with Gasteiger partial charge >= 0.3 is 0 Å².